The molecule has 0 spiro atoms. The van der Waals surface area contributed by atoms with Crippen LogP contribution in [-0.2, 0) is 0 Å². The van der Waals surface area contributed by atoms with Crippen LogP contribution in [0.2, 0.25) is 4.34 Å². The van der Waals surface area contributed by atoms with Crippen LogP contribution in [0.3, 0.4) is 0 Å². The molecule has 2 heterocycles. The second-order valence-corrected chi connectivity index (χ2v) is 6.38. The second-order valence-electron chi connectivity index (χ2n) is 3.78. The van der Waals surface area contributed by atoms with Crippen LogP contribution in [0.15, 0.2) is 29.0 Å². The Kier molecular flexibility index (Phi) is 4.38. The van der Waals surface area contributed by atoms with Crippen LogP contribution >= 0.6 is 38.9 Å². The summed E-state index contributed by atoms with van der Waals surface area (Å²) in [5.41, 5.74) is 0.348. The summed E-state index contributed by atoms with van der Waals surface area (Å²) >= 11 is 10.6. The van der Waals surface area contributed by atoms with Gasteiger partial charge in [-0.05, 0) is 35.0 Å². The number of hydrogen-bond acceptors (Lipinski definition) is 5. The molecule has 1 unspecified atom stereocenters. The summed E-state index contributed by atoms with van der Waals surface area (Å²) in [6.45, 7) is 1.92. The number of aromatic nitrogens is 1. The maximum absolute atomic E-state index is 11.0. The molecular formula is C11H9BrClN3O2S. The van der Waals surface area contributed by atoms with Crippen LogP contribution in [-0.4, -0.2) is 9.91 Å². The molecule has 8 heteroatoms. The van der Waals surface area contributed by atoms with Gasteiger partial charge in [0.15, 0.2) is 0 Å². The van der Waals surface area contributed by atoms with E-state index in [-0.39, 0.29) is 11.7 Å². The van der Waals surface area contributed by atoms with Crippen molar-refractivity contribution in [3.63, 3.8) is 0 Å². The molecule has 5 nitrogen and oxygen atoms in total. The first-order chi connectivity index (χ1) is 8.99. The average molecular weight is 363 g/mol. The number of nitrogens with zero attached hydrogens (tertiary/aromatic N) is 2. The van der Waals surface area contributed by atoms with E-state index in [1.165, 1.54) is 23.7 Å². The van der Waals surface area contributed by atoms with Crippen molar-refractivity contribution in [2.45, 2.75) is 13.0 Å². The molecule has 0 radical (unpaired) electrons. The Bertz CT molecular complexity index is 620. The fraction of sp³-hybridized carbons (Fsp3) is 0.182. The molecule has 0 aliphatic carbocycles. The number of rotatable bonds is 4. The molecule has 0 bridgehead atoms. The highest BCUT2D eigenvalue weighted by atomic mass is 79.9. The van der Waals surface area contributed by atoms with Gasteiger partial charge in [0, 0.05) is 11.1 Å². The maximum atomic E-state index is 11.0. The highest BCUT2D eigenvalue weighted by Crippen LogP contribution is 2.35. The highest BCUT2D eigenvalue weighted by Gasteiger charge is 2.20. The van der Waals surface area contributed by atoms with Crippen molar-refractivity contribution < 1.29 is 4.92 Å². The van der Waals surface area contributed by atoms with Gasteiger partial charge in [-0.15, -0.1) is 11.3 Å². The van der Waals surface area contributed by atoms with Crippen molar-refractivity contribution in [2.75, 3.05) is 5.32 Å². The highest BCUT2D eigenvalue weighted by molar-refractivity contribution is 9.10. The topological polar surface area (TPSA) is 68.1 Å². The Balaban J connectivity index is 2.30. The first-order valence-electron chi connectivity index (χ1n) is 5.28. The van der Waals surface area contributed by atoms with E-state index in [1.54, 1.807) is 6.07 Å². The molecule has 0 saturated carbocycles. The molecular weight excluding hydrogens is 354 g/mol. The van der Waals surface area contributed by atoms with Crippen molar-refractivity contribution >= 4 is 50.2 Å². The summed E-state index contributed by atoms with van der Waals surface area (Å²) < 4.78 is 1.24. The summed E-state index contributed by atoms with van der Waals surface area (Å²) in [4.78, 5) is 15.3. The van der Waals surface area contributed by atoms with E-state index >= 15 is 0 Å². The minimum absolute atomic E-state index is 0.0659. The fourth-order valence-electron chi connectivity index (χ4n) is 1.55. The lowest BCUT2D eigenvalue weighted by atomic mass is 10.2. The summed E-state index contributed by atoms with van der Waals surface area (Å²) in [7, 11) is 0. The predicted molar refractivity (Wildman–Crippen MR) is 80.0 cm³/mol. The number of nitrogens with one attached hydrogen (secondary N) is 1. The molecule has 19 heavy (non-hydrogen) atoms. The van der Waals surface area contributed by atoms with Crippen LogP contribution in [0.5, 0.6) is 0 Å². The molecule has 2 aromatic rings. The zero-order chi connectivity index (χ0) is 14.0. The van der Waals surface area contributed by atoms with Gasteiger partial charge in [-0.2, -0.15) is 0 Å². The van der Waals surface area contributed by atoms with E-state index < -0.39 is 4.92 Å². The van der Waals surface area contributed by atoms with Gasteiger partial charge in [-0.25, -0.2) is 0 Å². The molecule has 0 aliphatic heterocycles. The third kappa shape index (κ3) is 3.23. The van der Waals surface area contributed by atoms with Crippen molar-refractivity contribution in [1.29, 1.82) is 0 Å². The first-order valence-corrected chi connectivity index (χ1v) is 7.27. The monoisotopic (exact) mass is 361 g/mol. The van der Waals surface area contributed by atoms with Gasteiger partial charge in [0.2, 0.25) is 0 Å². The summed E-state index contributed by atoms with van der Waals surface area (Å²) in [5.74, 6) is 0. The molecule has 0 fully saturated rings. The Hall–Kier alpha value is -1.18. The van der Waals surface area contributed by atoms with Crippen molar-refractivity contribution in [2.24, 2.45) is 0 Å². The molecule has 2 aromatic heterocycles. The summed E-state index contributed by atoms with van der Waals surface area (Å²) in [6, 6.07) is 3.61. The van der Waals surface area contributed by atoms with E-state index in [1.807, 2.05) is 13.0 Å². The number of hydrogen-bond donors (Lipinski definition) is 1. The number of anilines is 1. The number of halogens is 2. The standard InChI is InChI=1S/C11H9BrClN3O2S/c1-6(9-2-3-10(13)19-9)15-11-7(12)4-14-5-8(11)16(17)18/h2-6H,1H3,(H,14,15). The number of thiophene rings is 1. The van der Waals surface area contributed by atoms with Crippen LogP contribution in [0.1, 0.15) is 17.8 Å². The van der Waals surface area contributed by atoms with Crippen molar-refractivity contribution in [3.8, 4) is 0 Å². The predicted octanol–water partition coefficient (Wildman–Crippen LogP) is 4.64. The van der Waals surface area contributed by atoms with E-state index in [2.05, 4.69) is 26.2 Å². The molecule has 100 valence electrons. The Morgan fingerprint density at radius 2 is 2.26 bits per heavy atom. The summed E-state index contributed by atoms with van der Waals surface area (Å²) in [6.07, 6.45) is 2.74. The van der Waals surface area contributed by atoms with E-state index in [9.17, 15) is 10.1 Å². The largest absolute Gasteiger partial charge is 0.371 e. The first kappa shape index (κ1) is 14.2. The van der Waals surface area contributed by atoms with Gasteiger partial charge >= 0.3 is 5.69 Å². The van der Waals surface area contributed by atoms with Crippen molar-refractivity contribution in [3.05, 3.63) is 48.3 Å². The smallest absolute Gasteiger partial charge is 0.311 e. The lowest BCUT2D eigenvalue weighted by molar-refractivity contribution is -0.384. The van der Waals surface area contributed by atoms with Gasteiger partial charge in [0.05, 0.1) is 19.8 Å². The quantitative estimate of drug-likeness (QED) is 0.635. The number of pyridine rings is 1. The van der Waals surface area contributed by atoms with Gasteiger partial charge < -0.3 is 5.32 Å². The Morgan fingerprint density at radius 1 is 1.53 bits per heavy atom. The van der Waals surface area contributed by atoms with Crippen LogP contribution in [0.25, 0.3) is 0 Å². The third-order valence-electron chi connectivity index (χ3n) is 2.46. The average Bonchev–Trinajstić information content (AvgIpc) is 2.78. The lowest BCUT2D eigenvalue weighted by Gasteiger charge is -2.14. The van der Waals surface area contributed by atoms with E-state index in [0.29, 0.717) is 14.5 Å². The van der Waals surface area contributed by atoms with E-state index in [4.69, 9.17) is 11.6 Å². The van der Waals surface area contributed by atoms with Gasteiger partial charge in [0.1, 0.15) is 11.9 Å². The third-order valence-corrected chi connectivity index (χ3v) is 4.47. The minimum Gasteiger partial charge on any atom is -0.371 e. The summed E-state index contributed by atoms with van der Waals surface area (Å²) in [5, 5.41) is 14.1. The van der Waals surface area contributed by atoms with Gasteiger partial charge in [0.25, 0.3) is 0 Å². The fourth-order valence-corrected chi connectivity index (χ4v) is 3.05. The van der Waals surface area contributed by atoms with Crippen LogP contribution in [0.4, 0.5) is 11.4 Å². The lowest BCUT2D eigenvalue weighted by Crippen LogP contribution is -2.08. The SMILES string of the molecule is CC(Nc1c(Br)cncc1[N+](=O)[O-])c1ccc(Cl)s1. The molecule has 1 atom stereocenters. The molecule has 1 N–H and O–H groups in total. The molecule has 0 aromatic carbocycles. The minimum atomic E-state index is -0.464. The molecule has 2 rings (SSSR count). The van der Waals surface area contributed by atoms with Gasteiger partial charge in [-0.3, -0.25) is 15.1 Å². The van der Waals surface area contributed by atoms with Crippen LogP contribution in [0, 0.1) is 10.1 Å². The Morgan fingerprint density at radius 3 is 2.84 bits per heavy atom. The molecule has 0 saturated heterocycles. The molecule has 0 aliphatic rings. The molecule has 0 amide bonds. The maximum Gasteiger partial charge on any atom is 0.311 e. The zero-order valence-corrected chi connectivity index (χ0v) is 12.9. The van der Waals surface area contributed by atoms with E-state index in [0.717, 1.165) is 4.88 Å². The van der Waals surface area contributed by atoms with Gasteiger partial charge in [-0.1, -0.05) is 11.6 Å². The zero-order valence-electron chi connectivity index (χ0n) is 9.76. The number of nitro groups is 1. The van der Waals surface area contributed by atoms with Crippen LogP contribution < -0.4 is 5.32 Å². The normalized spacial score (nSPS) is 12.2. The Labute approximate surface area is 126 Å². The van der Waals surface area contributed by atoms with Crippen molar-refractivity contribution in [1.82, 2.24) is 4.98 Å². The second kappa shape index (κ2) is 5.85.